The van der Waals surface area contributed by atoms with Crippen LogP contribution in [-0.2, 0) is 9.53 Å². The molecule has 1 aliphatic carbocycles. The van der Waals surface area contributed by atoms with Crippen LogP contribution in [0.2, 0.25) is 0 Å². The summed E-state index contributed by atoms with van der Waals surface area (Å²) in [7, 11) is 0. The van der Waals surface area contributed by atoms with Gasteiger partial charge in [-0.05, 0) is 79.6 Å². The van der Waals surface area contributed by atoms with E-state index in [0.717, 1.165) is 33.4 Å². The van der Waals surface area contributed by atoms with Gasteiger partial charge >= 0.3 is 11.5 Å². The highest BCUT2D eigenvalue weighted by Gasteiger charge is 2.28. The molecule has 0 N–H and O–H groups in total. The molecule has 0 bridgehead atoms. The van der Waals surface area contributed by atoms with Gasteiger partial charge in [-0.2, -0.15) is 0 Å². The quantitative estimate of drug-likeness (QED) is 0.144. The van der Waals surface area contributed by atoms with Gasteiger partial charge in [-0.15, -0.1) is 0 Å². The van der Waals surface area contributed by atoms with E-state index >= 15 is 0 Å². The third kappa shape index (κ3) is 5.89. The lowest BCUT2D eigenvalue weighted by atomic mass is 9.85. The second-order valence-corrected chi connectivity index (χ2v) is 11.5. The largest absolute Gasteiger partial charge is 0.871 e. The van der Waals surface area contributed by atoms with Crippen LogP contribution in [0.5, 0.6) is 0 Å². The molecule has 7 rings (SSSR count). The predicted molar refractivity (Wildman–Crippen MR) is 181 cm³/mol. The van der Waals surface area contributed by atoms with Crippen molar-refractivity contribution in [3.05, 3.63) is 190 Å². The van der Waals surface area contributed by atoms with Gasteiger partial charge in [0.25, 0.3) is 0 Å². The Morgan fingerprint density at radius 1 is 0.609 bits per heavy atom. The third-order valence-electron chi connectivity index (χ3n) is 7.95. The maximum absolute atomic E-state index is 13.5. The Morgan fingerprint density at radius 3 is 1.78 bits per heavy atom. The molecule has 0 amide bonds. The number of allylic oxidation sites excluding steroid dienone is 6. The molecule has 0 saturated heterocycles. The van der Waals surface area contributed by atoms with Crippen LogP contribution < -0.4 is 5.11 Å². The smallest absolute Gasteiger partial charge is 0.361 e. The summed E-state index contributed by atoms with van der Waals surface area (Å²) < 4.78 is 12.6. The van der Waals surface area contributed by atoms with Crippen LogP contribution in [0.3, 0.4) is 0 Å². The minimum atomic E-state index is -0.289. The molecular formula is C42H30O4. The topological polar surface area (TPSA) is 60.7 Å². The number of carbonyl (C=O) groups excluding carboxylic acids is 1. The molecule has 222 valence electrons. The van der Waals surface area contributed by atoms with Crippen molar-refractivity contribution in [2.45, 2.75) is 13.8 Å². The van der Waals surface area contributed by atoms with Crippen molar-refractivity contribution in [1.29, 1.82) is 0 Å². The molecule has 1 aliphatic heterocycles. The van der Waals surface area contributed by atoms with Gasteiger partial charge in [0.15, 0.2) is 5.78 Å². The summed E-state index contributed by atoms with van der Waals surface area (Å²) in [6.45, 7) is 4.06. The van der Waals surface area contributed by atoms with Crippen molar-refractivity contribution < 1.29 is 19.1 Å². The number of ether oxygens (including phenoxy) is 1. The first kappa shape index (κ1) is 28.8. The first-order valence-corrected chi connectivity index (χ1v) is 15.2. The van der Waals surface area contributed by atoms with E-state index in [-0.39, 0.29) is 22.7 Å². The number of benzene rings is 4. The van der Waals surface area contributed by atoms with E-state index in [1.807, 2.05) is 147 Å². The molecule has 0 radical (unpaired) electrons. The SMILES string of the molecule is Cc1cccc(C2=CC(=CC3=C([O-])C(=Cc4cc(-c5ccccc5)[o+]c(-c5cccc(C)c5)c4)C3=O)C=C(c3ccccc3)O2)c1. The number of rotatable bonds is 6. The van der Waals surface area contributed by atoms with Gasteiger partial charge in [0.1, 0.15) is 11.5 Å². The highest BCUT2D eigenvalue weighted by molar-refractivity contribution is 6.23. The zero-order valence-corrected chi connectivity index (χ0v) is 25.5. The van der Waals surface area contributed by atoms with Crippen LogP contribution in [0.4, 0.5) is 0 Å². The van der Waals surface area contributed by atoms with Crippen molar-refractivity contribution in [3.8, 4) is 22.6 Å². The Balaban J connectivity index is 1.28. The van der Waals surface area contributed by atoms with Crippen LogP contribution in [-0.4, -0.2) is 5.78 Å². The van der Waals surface area contributed by atoms with E-state index in [4.69, 9.17) is 9.15 Å². The number of hydrogen-bond acceptors (Lipinski definition) is 3. The first-order chi connectivity index (χ1) is 22.4. The van der Waals surface area contributed by atoms with E-state index in [9.17, 15) is 9.90 Å². The fourth-order valence-electron chi connectivity index (χ4n) is 5.61. The molecule has 0 fully saturated rings. The maximum Gasteiger partial charge on any atom is 0.361 e. The van der Waals surface area contributed by atoms with E-state index < -0.39 is 0 Å². The average molecular weight is 599 g/mol. The Labute approximate surface area is 268 Å². The van der Waals surface area contributed by atoms with Gasteiger partial charge in [0, 0.05) is 22.3 Å². The zero-order valence-electron chi connectivity index (χ0n) is 25.5. The van der Waals surface area contributed by atoms with Crippen LogP contribution in [0.1, 0.15) is 27.8 Å². The molecule has 2 heterocycles. The van der Waals surface area contributed by atoms with Crippen molar-refractivity contribution in [1.82, 2.24) is 0 Å². The zero-order chi connectivity index (χ0) is 31.6. The summed E-state index contributed by atoms with van der Waals surface area (Å²) in [5, 5.41) is 13.5. The monoisotopic (exact) mass is 598 g/mol. The number of ketones is 1. The molecule has 0 unspecified atom stereocenters. The van der Waals surface area contributed by atoms with E-state index in [0.29, 0.717) is 34.2 Å². The fourth-order valence-corrected chi connectivity index (χ4v) is 5.61. The number of hydrogen-bond donors (Lipinski definition) is 0. The highest BCUT2D eigenvalue weighted by atomic mass is 16.5. The van der Waals surface area contributed by atoms with Gasteiger partial charge in [0.2, 0.25) is 0 Å². The Kier molecular flexibility index (Phi) is 7.61. The standard InChI is InChI=1S/C42H30O4/c1-27-11-9-17-33(19-27)39-25-29(23-37(45-39)31-13-5-3-6-14-31)21-35-41(43)36(42(35)44)22-30-24-38(32-15-7-4-8-16-32)46-40(26-30)34-18-10-12-28(2)20-34/h3-26H,1-2H3. The van der Waals surface area contributed by atoms with Crippen LogP contribution in [0.25, 0.3) is 40.2 Å². The summed E-state index contributed by atoms with van der Waals surface area (Å²) in [5.74, 6) is 2.01. The predicted octanol–water partition coefficient (Wildman–Crippen LogP) is 9.13. The van der Waals surface area contributed by atoms with E-state index in [1.165, 1.54) is 0 Å². The van der Waals surface area contributed by atoms with Crippen molar-refractivity contribution in [3.63, 3.8) is 0 Å². The van der Waals surface area contributed by atoms with Gasteiger partial charge in [0.05, 0.1) is 23.3 Å². The molecule has 5 aromatic rings. The molecule has 1 aromatic heterocycles. The second-order valence-electron chi connectivity index (χ2n) is 11.5. The number of carbonyl (C=O) groups is 1. The number of Topliss-reactive ketones (excluding diaryl/α,β-unsaturated/α-hetero) is 1. The lowest BCUT2D eigenvalue weighted by molar-refractivity contribution is -0.300. The third-order valence-corrected chi connectivity index (χ3v) is 7.95. The fraction of sp³-hybridized carbons (Fsp3) is 0.0476. The Hall–Kier alpha value is -6.00. The summed E-state index contributed by atoms with van der Waals surface area (Å²) in [4.78, 5) is 13.5. The minimum Gasteiger partial charge on any atom is -0.871 e. The number of aryl methyl sites for hydroxylation is 2. The molecular weight excluding hydrogens is 568 g/mol. The van der Waals surface area contributed by atoms with Crippen molar-refractivity contribution >= 4 is 23.4 Å². The normalized spacial score (nSPS) is 16.2. The molecule has 4 nitrogen and oxygen atoms in total. The summed E-state index contributed by atoms with van der Waals surface area (Å²) >= 11 is 0. The molecule has 0 spiro atoms. The van der Waals surface area contributed by atoms with Crippen LogP contribution >= 0.6 is 0 Å². The van der Waals surface area contributed by atoms with Gasteiger partial charge in [-0.1, -0.05) is 95.7 Å². The summed E-state index contributed by atoms with van der Waals surface area (Å²) in [6, 6.07) is 39.4. The molecule has 4 aromatic carbocycles. The molecule has 2 aliphatic rings. The molecule has 0 saturated carbocycles. The second kappa shape index (κ2) is 12.2. The lowest BCUT2D eigenvalue weighted by Crippen LogP contribution is -2.29. The Bertz CT molecular complexity index is 2140. The van der Waals surface area contributed by atoms with Gasteiger partial charge in [-0.25, -0.2) is 4.42 Å². The average Bonchev–Trinajstić information content (AvgIpc) is 3.10. The van der Waals surface area contributed by atoms with E-state index in [1.54, 1.807) is 12.2 Å². The van der Waals surface area contributed by atoms with E-state index in [2.05, 4.69) is 0 Å². The van der Waals surface area contributed by atoms with Gasteiger partial charge in [-0.3, -0.25) is 4.79 Å². The summed E-state index contributed by atoms with van der Waals surface area (Å²) in [5.41, 5.74) is 7.55. The maximum atomic E-state index is 13.5. The molecule has 0 atom stereocenters. The summed E-state index contributed by atoms with van der Waals surface area (Å²) in [6.07, 6.45) is 7.06. The van der Waals surface area contributed by atoms with Gasteiger partial charge < -0.3 is 9.84 Å². The first-order valence-electron chi connectivity index (χ1n) is 15.2. The minimum absolute atomic E-state index is 0.148. The van der Waals surface area contributed by atoms with Crippen molar-refractivity contribution in [2.24, 2.45) is 0 Å². The molecule has 46 heavy (non-hydrogen) atoms. The highest BCUT2D eigenvalue weighted by Crippen LogP contribution is 2.37. The van der Waals surface area contributed by atoms with Crippen LogP contribution in [0, 0.1) is 13.8 Å². The van der Waals surface area contributed by atoms with Crippen molar-refractivity contribution in [2.75, 3.05) is 0 Å². The lowest BCUT2D eigenvalue weighted by Gasteiger charge is -2.29. The molecule has 4 heteroatoms. The van der Waals surface area contributed by atoms with Crippen LogP contribution in [0.15, 0.2) is 166 Å². The Morgan fingerprint density at radius 2 is 1.15 bits per heavy atom.